The summed E-state index contributed by atoms with van der Waals surface area (Å²) in [4.78, 5) is 31.4. The van der Waals surface area contributed by atoms with Gasteiger partial charge in [0.05, 0.1) is 17.2 Å². The molecule has 0 unspecified atom stereocenters. The summed E-state index contributed by atoms with van der Waals surface area (Å²) in [6.07, 6.45) is 4.17. The van der Waals surface area contributed by atoms with Crippen molar-refractivity contribution in [2.24, 2.45) is 0 Å². The minimum absolute atomic E-state index is 0.0146. The van der Waals surface area contributed by atoms with Crippen molar-refractivity contribution in [3.8, 4) is 0 Å². The molecule has 1 aromatic carbocycles. The lowest BCUT2D eigenvalue weighted by atomic mass is 10.1. The summed E-state index contributed by atoms with van der Waals surface area (Å²) in [5.74, 6) is -0.0146. The lowest BCUT2D eigenvalue weighted by molar-refractivity contribution is -0.121. The van der Waals surface area contributed by atoms with E-state index in [4.69, 9.17) is 0 Å². The molecule has 25 heavy (non-hydrogen) atoms. The Morgan fingerprint density at radius 1 is 1.40 bits per heavy atom. The number of likely N-dealkylation sites (N-methyl/N-ethyl adjacent to an activating group) is 1. The molecule has 2 aromatic rings. The Morgan fingerprint density at radius 3 is 3.04 bits per heavy atom. The number of carbonyl (C=O) groups is 1. The Labute approximate surface area is 147 Å². The molecule has 1 fully saturated rings. The summed E-state index contributed by atoms with van der Waals surface area (Å²) >= 11 is 0. The zero-order valence-corrected chi connectivity index (χ0v) is 15.0. The highest BCUT2D eigenvalue weighted by Gasteiger charge is 2.23. The normalized spacial score (nSPS) is 17.9. The summed E-state index contributed by atoms with van der Waals surface area (Å²) in [5.41, 5.74) is 1.63. The number of hydrogen-bond acceptors (Lipinski definition) is 4. The molecule has 134 valence electrons. The molecule has 1 aliphatic heterocycles. The summed E-state index contributed by atoms with van der Waals surface area (Å²) in [6.45, 7) is 7.28. The number of rotatable bonds is 6. The number of aryl methyl sites for hydroxylation is 2. The minimum Gasteiger partial charge on any atom is -0.354 e. The molecule has 6 heteroatoms. The summed E-state index contributed by atoms with van der Waals surface area (Å²) in [5, 5.41) is 3.61. The van der Waals surface area contributed by atoms with Gasteiger partial charge in [0.1, 0.15) is 0 Å². The Hall–Kier alpha value is -2.21. The van der Waals surface area contributed by atoms with Gasteiger partial charge in [-0.05, 0) is 44.5 Å². The van der Waals surface area contributed by atoms with Crippen molar-refractivity contribution >= 4 is 16.8 Å². The van der Waals surface area contributed by atoms with Gasteiger partial charge in [-0.1, -0.05) is 19.1 Å². The van der Waals surface area contributed by atoms with Gasteiger partial charge < -0.3 is 5.32 Å². The molecule has 0 bridgehead atoms. The molecule has 1 atom stereocenters. The van der Waals surface area contributed by atoms with Gasteiger partial charge >= 0.3 is 0 Å². The molecule has 0 aliphatic carbocycles. The van der Waals surface area contributed by atoms with E-state index in [1.165, 1.54) is 11.0 Å². The second-order valence-electron chi connectivity index (χ2n) is 6.69. The second kappa shape index (κ2) is 7.78. The number of amides is 1. The molecular formula is C19H26N4O2. The Kier molecular flexibility index (Phi) is 5.48. The predicted molar refractivity (Wildman–Crippen MR) is 98.6 cm³/mol. The van der Waals surface area contributed by atoms with Crippen molar-refractivity contribution in [2.45, 2.75) is 45.7 Å². The summed E-state index contributed by atoms with van der Waals surface area (Å²) < 4.78 is 1.52. The fourth-order valence-corrected chi connectivity index (χ4v) is 3.58. The maximum atomic E-state index is 12.5. The lowest BCUT2D eigenvalue weighted by Crippen LogP contribution is -2.40. The monoisotopic (exact) mass is 342 g/mol. The molecule has 1 aromatic heterocycles. The van der Waals surface area contributed by atoms with E-state index in [2.05, 4.69) is 22.1 Å². The van der Waals surface area contributed by atoms with Crippen LogP contribution < -0.4 is 10.9 Å². The molecule has 1 N–H and O–H groups in total. The number of para-hydroxylation sites is 1. The first-order valence-corrected chi connectivity index (χ1v) is 9.05. The molecule has 3 rings (SSSR count). The van der Waals surface area contributed by atoms with Crippen LogP contribution in [0.3, 0.4) is 0 Å². The lowest BCUT2D eigenvalue weighted by Gasteiger charge is -2.22. The van der Waals surface area contributed by atoms with Crippen LogP contribution in [0.1, 0.15) is 31.7 Å². The largest absolute Gasteiger partial charge is 0.354 e. The fourth-order valence-electron chi connectivity index (χ4n) is 3.58. The average molecular weight is 342 g/mol. The van der Waals surface area contributed by atoms with Crippen molar-refractivity contribution in [2.75, 3.05) is 19.6 Å². The van der Waals surface area contributed by atoms with Crippen LogP contribution in [-0.4, -0.2) is 46.0 Å². The van der Waals surface area contributed by atoms with Crippen LogP contribution in [0.15, 0.2) is 29.3 Å². The van der Waals surface area contributed by atoms with Gasteiger partial charge in [0, 0.05) is 25.6 Å². The van der Waals surface area contributed by atoms with Crippen LogP contribution in [0.2, 0.25) is 0 Å². The number of hydrogen-bond donors (Lipinski definition) is 1. The highest BCUT2D eigenvalue weighted by molar-refractivity contribution is 5.80. The van der Waals surface area contributed by atoms with Crippen LogP contribution in [0.25, 0.3) is 10.9 Å². The predicted octanol–water partition coefficient (Wildman–Crippen LogP) is 1.70. The summed E-state index contributed by atoms with van der Waals surface area (Å²) in [7, 11) is 0. The number of fused-ring (bicyclic) bond motifs is 1. The number of carbonyl (C=O) groups excluding carboxylic acids is 1. The van der Waals surface area contributed by atoms with Crippen LogP contribution >= 0.6 is 0 Å². The van der Waals surface area contributed by atoms with Gasteiger partial charge in [-0.15, -0.1) is 0 Å². The van der Waals surface area contributed by atoms with Crippen molar-refractivity contribution in [1.29, 1.82) is 0 Å². The van der Waals surface area contributed by atoms with Crippen LogP contribution in [0, 0.1) is 6.92 Å². The third-order valence-electron chi connectivity index (χ3n) is 5.08. The first-order chi connectivity index (χ1) is 12.1. The zero-order valence-electron chi connectivity index (χ0n) is 15.0. The molecule has 6 nitrogen and oxygen atoms in total. The van der Waals surface area contributed by atoms with Gasteiger partial charge in [-0.3, -0.25) is 19.1 Å². The highest BCUT2D eigenvalue weighted by Crippen LogP contribution is 2.15. The van der Waals surface area contributed by atoms with Crippen LogP contribution in [-0.2, 0) is 11.3 Å². The Morgan fingerprint density at radius 2 is 2.24 bits per heavy atom. The van der Waals surface area contributed by atoms with E-state index < -0.39 is 0 Å². The molecule has 0 radical (unpaired) electrons. The fraction of sp³-hybridized carbons (Fsp3) is 0.526. The van der Waals surface area contributed by atoms with E-state index in [1.54, 1.807) is 12.4 Å². The standard InChI is InChI=1S/C19H26N4O2/c1-3-22-10-5-7-15(22)12-20-17(24)9-11-23-13-21-18-14(2)6-4-8-16(18)19(23)25/h4,6,8,13,15H,3,5,7,9-12H2,1-2H3,(H,20,24)/t15-/m1/s1. The Bertz CT molecular complexity index is 815. The van der Waals surface area contributed by atoms with E-state index in [1.807, 2.05) is 19.1 Å². The van der Waals surface area contributed by atoms with E-state index in [0.717, 1.165) is 30.6 Å². The summed E-state index contributed by atoms with van der Waals surface area (Å²) in [6, 6.07) is 6.03. The van der Waals surface area contributed by atoms with Crippen LogP contribution in [0.5, 0.6) is 0 Å². The van der Waals surface area contributed by atoms with E-state index in [-0.39, 0.29) is 17.9 Å². The van der Waals surface area contributed by atoms with Gasteiger partial charge in [0.25, 0.3) is 5.56 Å². The first-order valence-electron chi connectivity index (χ1n) is 9.05. The Balaban J connectivity index is 1.58. The number of likely N-dealkylation sites (tertiary alicyclic amines) is 1. The smallest absolute Gasteiger partial charge is 0.261 e. The molecule has 2 heterocycles. The van der Waals surface area contributed by atoms with Crippen LogP contribution in [0.4, 0.5) is 0 Å². The first kappa shape index (κ1) is 17.6. The molecule has 0 spiro atoms. The maximum absolute atomic E-state index is 12.5. The SMILES string of the molecule is CCN1CCC[C@@H]1CNC(=O)CCn1cnc2c(C)cccc2c1=O. The maximum Gasteiger partial charge on any atom is 0.261 e. The number of nitrogens with one attached hydrogen (secondary N) is 1. The zero-order chi connectivity index (χ0) is 17.8. The number of aromatic nitrogens is 2. The van der Waals surface area contributed by atoms with E-state index in [9.17, 15) is 9.59 Å². The highest BCUT2D eigenvalue weighted by atomic mass is 16.1. The van der Waals surface area contributed by atoms with Gasteiger partial charge in [-0.25, -0.2) is 4.98 Å². The molecular weight excluding hydrogens is 316 g/mol. The number of benzene rings is 1. The van der Waals surface area contributed by atoms with Gasteiger partial charge in [0.15, 0.2) is 0 Å². The van der Waals surface area contributed by atoms with E-state index in [0.29, 0.717) is 24.5 Å². The number of nitrogens with zero attached hydrogens (tertiary/aromatic N) is 3. The second-order valence-corrected chi connectivity index (χ2v) is 6.69. The van der Waals surface area contributed by atoms with Crippen molar-refractivity contribution in [3.05, 3.63) is 40.4 Å². The van der Waals surface area contributed by atoms with Crippen molar-refractivity contribution in [3.63, 3.8) is 0 Å². The molecule has 1 aliphatic rings. The quantitative estimate of drug-likeness (QED) is 0.868. The molecule has 1 amide bonds. The van der Waals surface area contributed by atoms with E-state index >= 15 is 0 Å². The van der Waals surface area contributed by atoms with Gasteiger partial charge in [-0.2, -0.15) is 0 Å². The van der Waals surface area contributed by atoms with Gasteiger partial charge in [0.2, 0.25) is 5.91 Å². The molecule has 1 saturated heterocycles. The third kappa shape index (κ3) is 3.90. The van der Waals surface area contributed by atoms with Crippen molar-refractivity contribution < 1.29 is 4.79 Å². The third-order valence-corrected chi connectivity index (χ3v) is 5.08. The minimum atomic E-state index is -0.0885. The topological polar surface area (TPSA) is 67.2 Å². The molecule has 0 saturated carbocycles. The van der Waals surface area contributed by atoms with Crippen molar-refractivity contribution in [1.82, 2.24) is 19.8 Å². The average Bonchev–Trinajstić information content (AvgIpc) is 3.07.